The van der Waals surface area contributed by atoms with Crippen LogP contribution >= 0.6 is 0 Å². The maximum absolute atomic E-state index is 13.6. The maximum Gasteiger partial charge on any atom is 0.419 e. The summed E-state index contributed by atoms with van der Waals surface area (Å²) in [4.78, 5) is 33.0. The summed E-state index contributed by atoms with van der Waals surface area (Å²) >= 11 is 0. The first-order valence-corrected chi connectivity index (χ1v) is 10.3. The zero-order valence-corrected chi connectivity index (χ0v) is 18.5. The number of nitrogens with zero attached hydrogens (tertiary/aromatic N) is 4. The third kappa shape index (κ3) is 4.26. The van der Waals surface area contributed by atoms with Crippen LogP contribution in [-0.4, -0.2) is 50.4 Å². The number of nitrogens with one attached hydrogen (secondary N) is 1. The van der Waals surface area contributed by atoms with Crippen LogP contribution in [0, 0.1) is 5.82 Å². The average molecular weight is 469 g/mol. The fourth-order valence-electron chi connectivity index (χ4n) is 4.19. The Bertz CT molecular complexity index is 1130. The van der Waals surface area contributed by atoms with Crippen molar-refractivity contribution in [3.05, 3.63) is 46.5 Å². The molecule has 12 heteroatoms. The van der Waals surface area contributed by atoms with Gasteiger partial charge in [-0.3, -0.25) is 14.3 Å². The molecule has 0 aliphatic carbocycles. The fraction of sp³-hybridized carbons (Fsp3) is 0.476. The molecule has 1 unspecified atom stereocenters. The van der Waals surface area contributed by atoms with Gasteiger partial charge in [0.05, 0.1) is 24.3 Å². The van der Waals surface area contributed by atoms with Crippen molar-refractivity contribution < 1.29 is 32.0 Å². The standard InChI is InChI=1S/C21H23F4N5O3/c1-11-7-16-13(17-18(31)28(4)33-20(2,3)10-30(17)27-16)9-29(11)19(32)26-12-5-6-15(22)14(8-12)21(23,24)25/h5-6,8,11H,7,9-10H2,1-4H3,(H,26,32). The highest BCUT2D eigenvalue weighted by Crippen LogP contribution is 2.34. The minimum atomic E-state index is -4.89. The van der Waals surface area contributed by atoms with Crippen LogP contribution in [0.2, 0.25) is 0 Å². The van der Waals surface area contributed by atoms with Gasteiger partial charge in [-0.15, -0.1) is 0 Å². The molecule has 0 saturated heterocycles. The van der Waals surface area contributed by atoms with E-state index in [0.717, 1.165) is 11.1 Å². The molecule has 2 aliphatic heterocycles. The van der Waals surface area contributed by atoms with E-state index in [-0.39, 0.29) is 18.3 Å². The molecule has 1 N–H and O–H groups in total. The Hall–Kier alpha value is -3.15. The van der Waals surface area contributed by atoms with Gasteiger partial charge in [0.1, 0.15) is 17.1 Å². The molecule has 3 amide bonds. The van der Waals surface area contributed by atoms with Gasteiger partial charge in [0.25, 0.3) is 5.91 Å². The van der Waals surface area contributed by atoms with Gasteiger partial charge in [0.15, 0.2) is 0 Å². The number of amides is 3. The topological polar surface area (TPSA) is 79.7 Å². The minimum Gasteiger partial charge on any atom is -0.317 e. The Morgan fingerprint density at radius 3 is 2.67 bits per heavy atom. The van der Waals surface area contributed by atoms with Crippen LogP contribution in [0.25, 0.3) is 0 Å². The Morgan fingerprint density at radius 1 is 1.30 bits per heavy atom. The molecule has 0 spiro atoms. The van der Waals surface area contributed by atoms with E-state index in [1.807, 2.05) is 13.8 Å². The SMILES string of the molecule is CC1Cc2nn3c(c2CN1C(=O)Nc1ccc(F)c(C(F)(F)F)c1)C(=O)N(C)OC(C)(C)C3. The molecule has 3 heterocycles. The summed E-state index contributed by atoms with van der Waals surface area (Å²) in [6.07, 6.45) is -4.53. The van der Waals surface area contributed by atoms with Crippen LogP contribution in [0.3, 0.4) is 0 Å². The van der Waals surface area contributed by atoms with Crippen molar-refractivity contribution in [3.63, 3.8) is 0 Å². The second kappa shape index (κ2) is 7.72. The molecule has 2 aliphatic rings. The predicted octanol–water partition coefficient (Wildman–Crippen LogP) is 3.82. The molecule has 0 radical (unpaired) electrons. The molecule has 1 aromatic heterocycles. The van der Waals surface area contributed by atoms with E-state index in [2.05, 4.69) is 10.4 Å². The van der Waals surface area contributed by atoms with E-state index in [0.29, 0.717) is 42.0 Å². The number of alkyl halides is 3. The van der Waals surface area contributed by atoms with Crippen molar-refractivity contribution >= 4 is 17.6 Å². The van der Waals surface area contributed by atoms with E-state index < -0.39 is 35.1 Å². The Balaban J connectivity index is 1.62. The van der Waals surface area contributed by atoms with Gasteiger partial charge < -0.3 is 10.2 Å². The quantitative estimate of drug-likeness (QED) is 0.645. The number of fused-ring (bicyclic) bond motifs is 3. The predicted molar refractivity (Wildman–Crippen MR) is 109 cm³/mol. The van der Waals surface area contributed by atoms with Gasteiger partial charge in [-0.1, -0.05) is 0 Å². The second-order valence-electron chi connectivity index (χ2n) is 8.89. The van der Waals surface area contributed by atoms with Crippen LogP contribution in [0.1, 0.15) is 48.1 Å². The Labute approximate surface area is 187 Å². The first-order chi connectivity index (χ1) is 15.3. The van der Waals surface area contributed by atoms with Crippen molar-refractivity contribution in [2.75, 3.05) is 12.4 Å². The van der Waals surface area contributed by atoms with Crippen molar-refractivity contribution in [1.82, 2.24) is 19.7 Å². The summed E-state index contributed by atoms with van der Waals surface area (Å²) in [5.41, 5.74) is -0.785. The molecule has 0 saturated carbocycles. The zero-order chi connectivity index (χ0) is 24.3. The Kier molecular flexibility index (Phi) is 5.38. The third-order valence-electron chi connectivity index (χ3n) is 5.67. The highest BCUT2D eigenvalue weighted by Gasteiger charge is 2.40. The zero-order valence-electron chi connectivity index (χ0n) is 18.5. The van der Waals surface area contributed by atoms with Crippen LogP contribution in [0.4, 0.5) is 28.0 Å². The lowest BCUT2D eigenvalue weighted by Crippen LogP contribution is -2.45. The van der Waals surface area contributed by atoms with Gasteiger partial charge in [-0.25, -0.2) is 14.2 Å². The van der Waals surface area contributed by atoms with Crippen molar-refractivity contribution in [3.8, 4) is 0 Å². The van der Waals surface area contributed by atoms with Crippen molar-refractivity contribution in [2.45, 2.75) is 58.1 Å². The summed E-state index contributed by atoms with van der Waals surface area (Å²) in [6, 6.07) is 1.27. The van der Waals surface area contributed by atoms with E-state index in [1.54, 1.807) is 11.6 Å². The number of hydrogen-bond acceptors (Lipinski definition) is 4. The number of carbonyl (C=O) groups is 2. The lowest BCUT2D eigenvalue weighted by molar-refractivity contribution is -0.190. The van der Waals surface area contributed by atoms with E-state index in [4.69, 9.17) is 4.84 Å². The summed E-state index contributed by atoms with van der Waals surface area (Å²) in [5, 5.41) is 8.12. The number of hydrogen-bond donors (Lipinski definition) is 1. The molecule has 4 rings (SSSR count). The molecule has 2 aromatic rings. The monoisotopic (exact) mass is 469 g/mol. The number of rotatable bonds is 1. The largest absolute Gasteiger partial charge is 0.419 e. The van der Waals surface area contributed by atoms with E-state index >= 15 is 0 Å². The Morgan fingerprint density at radius 2 is 2.00 bits per heavy atom. The number of carbonyl (C=O) groups excluding carboxylic acids is 2. The average Bonchev–Trinajstić information content (AvgIpc) is 2.98. The summed E-state index contributed by atoms with van der Waals surface area (Å²) in [7, 11) is 1.50. The molecule has 8 nitrogen and oxygen atoms in total. The molecular weight excluding hydrogens is 446 g/mol. The number of halogens is 4. The summed E-state index contributed by atoms with van der Waals surface area (Å²) < 4.78 is 54.2. The van der Waals surface area contributed by atoms with Crippen molar-refractivity contribution in [2.24, 2.45) is 0 Å². The van der Waals surface area contributed by atoms with Gasteiger partial charge in [-0.2, -0.15) is 18.3 Å². The molecular formula is C21H23F4N5O3. The smallest absolute Gasteiger partial charge is 0.317 e. The highest BCUT2D eigenvalue weighted by atomic mass is 19.4. The first kappa shape index (κ1) is 23.0. The lowest BCUT2D eigenvalue weighted by Gasteiger charge is -2.33. The highest BCUT2D eigenvalue weighted by molar-refractivity contribution is 5.94. The van der Waals surface area contributed by atoms with E-state index in [1.165, 1.54) is 11.9 Å². The molecule has 178 valence electrons. The van der Waals surface area contributed by atoms with Crippen molar-refractivity contribution in [1.29, 1.82) is 0 Å². The summed E-state index contributed by atoms with van der Waals surface area (Å²) in [6.45, 7) is 5.78. The number of benzene rings is 1. The van der Waals surface area contributed by atoms with Gasteiger partial charge in [0.2, 0.25) is 0 Å². The van der Waals surface area contributed by atoms with Gasteiger partial charge in [0, 0.05) is 30.8 Å². The van der Waals surface area contributed by atoms with Crippen LogP contribution in [-0.2, 0) is 30.5 Å². The van der Waals surface area contributed by atoms with Crippen LogP contribution in [0.15, 0.2) is 18.2 Å². The summed E-state index contributed by atoms with van der Waals surface area (Å²) in [5.74, 6) is -1.83. The molecule has 0 fully saturated rings. The lowest BCUT2D eigenvalue weighted by atomic mass is 9.99. The molecule has 1 atom stereocenters. The van der Waals surface area contributed by atoms with Gasteiger partial charge >= 0.3 is 12.2 Å². The van der Waals surface area contributed by atoms with Crippen LogP contribution < -0.4 is 5.32 Å². The van der Waals surface area contributed by atoms with Gasteiger partial charge in [-0.05, 0) is 39.0 Å². The molecule has 0 bridgehead atoms. The molecule has 1 aromatic carbocycles. The van der Waals surface area contributed by atoms with E-state index in [9.17, 15) is 27.2 Å². The molecule has 33 heavy (non-hydrogen) atoms. The maximum atomic E-state index is 13.6. The second-order valence-corrected chi connectivity index (χ2v) is 8.89. The fourth-order valence-corrected chi connectivity index (χ4v) is 4.19. The first-order valence-electron chi connectivity index (χ1n) is 10.3. The number of anilines is 1. The third-order valence-corrected chi connectivity index (χ3v) is 5.67. The number of aromatic nitrogens is 2. The number of hydroxylamine groups is 2. The van der Waals surface area contributed by atoms with Crippen LogP contribution in [0.5, 0.6) is 0 Å². The normalized spacial score (nSPS) is 20.2. The minimum absolute atomic E-state index is 0.0327. The number of urea groups is 1.